The number of nitrogens with zero attached hydrogens (tertiary/aromatic N) is 1. The Balaban J connectivity index is 2.11. The van der Waals surface area contributed by atoms with Crippen molar-refractivity contribution in [3.05, 3.63) is 56.2 Å². The van der Waals surface area contributed by atoms with Crippen molar-refractivity contribution in [2.24, 2.45) is 0 Å². The first-order valence-corrected chi connectivity index (χ1v) is 8.46. The molecule has 106 valence electrons. The molecule has 1 aromatic heterocycles. The predicted octanol–water partition coefficient (Wildman–Crippen LogP) is 4.91. The Hall–Kier alpha value is -0.840. The molecule has 0 saturated heterocycles. The third-order valence-electron chi connectivity index (χ3n) is 3.00. The molecule has 0 aliphatic rings. The monoisotopic (exact) mass is 371 g/mol. The van der Waals surface area contributed by atoms with Gasteiger partial charge in [-0.3, -0.25) is 4.79 Å². The van der Waals surface area contributed by atoms with Crippen LogP contribution in [-0.4, -0.2) is 17.4 Å². The SMILES string of the molecule is CCN(Cc1ccc(Br)s1)C(=O)c1ccc(CCl)cc1. The predicted molar refractivity (Wildman–Crippen MR) is 88.4 cm³/mol. The average molecular weight is 373 g/mol. The molecule has 2 nitrogen and oxygen atoms in total. The number of amides is 1. The maximum Gasteiger partial charge on any atom is 0.254 e. The second-order valence-corrected chi connectivity index (χ2v) is 7.17. The molecule has 0 aliphatic carbocycles. The second-order valence-electron chi connectivity index (χ2n) is 4.36. The first-order valence-electron chi connectivity index (χ1n) is 6.32. The summed E-state index contributed by atoms with van der Waals surface area (Å²) in [5.74, 6) is 0.521. The molecule has 1 aromatic carbocycles. The van der Waals surface area contributed by atoms with Crippen molar-refractivity contribution < 1.29 is 4.79 Å². The summed E-state index contributed by atoms with van der Waals surface area (Å²) in [6, 6.07) is 11.5. The lowest BCUT2D eigenvalue weighted by Crippen LogP contribution is -2.29. The largest absolute Gasteiger partial charge is 0.334 e. The molecule has 1 heterocycles. The summed E-state index contributed by atoms with van der Waals surface area (Å²) in [6.07, 6.45) is 0. The van der Waals surface area contributed by atoms with E-state index >= 15 is 0 Å². The minimum absolute atomic E-state index is 0.0538. The average Bonchev–Trinajstić information content (AvgIpc) is 2.89. The van der Waals surface area contributed by atoms with Crippen LogP contribution in [0.2, 0.25) is 0 Å². The Morgan fingerprint density at radius 2 is 1.95 bits per heavy atom. The molecule has 0 spiro atoms. The topological polar surface area (TPSA) is 20.3 Å². The van der Waals surface area contributed by atoms with Gasteiger partial charge in [0, 0.05) is 22.9 Å². The van der Waals surface area contributed by atoms with Crippen molar-refractivity contribution in [2.75, 3.05) is 6.54 Å². The van der Waals surface area contributed by atoms with Gasteiger partial charge in [0.1, 0.15) is 0 Å². The number of hydrogen-bond acceptors (Lipinski definition) is 2. The summed E-state index contributed by atoms with van der Waals surface area (Å²) in [6.45, 7) is 3.32. The minimum atomic E-state index is 0.0538. The summed E-state index contributed by atoms with van der Waals surface area (Å²) >= 11 is 10.9. The van der Waals surface area contributed by atoms with E-state index in [0.29, 0.717) is 24.5 Å². The van der Waals surface area contributed by atoms with Gasteiger partial charge in [-0.25, -0.2) is 0 Å². The molecule has 1 amide bonds. The zero-order chi connectivity index (χ0) is 14.5. The fourth-order valence-electron chi connectivity index (χ4n) is 1.87. The lowest BCUT2D eigenvalue weighted by Gasteiger charge is -2.20. The standard InChI is InChI=1S/C15H15BrClNOS/c1-2-18(10-13-7-8-14(16)20-13)15(19)12-5-3-11(9-17)4-6-12/h3-8H,2,9-10H2,1H3. The Bertz CT molecular complexity index is 582. The maximum atomic E-state index is 12.5. The number of carbonyl (C=O) groups is 1. The maximum absolute atomic E-state index is 12.5. The van der Waals surface area contributed by atoms with Gasteiger partial charge < -0.3 is 4.90 Å². The quantitative estimate of drug-likeness (QED) is 0.683. The smallest absolute Gasteiger partial charge is 0.254 e. The Morgan fingerprint density at radius 3 is 2.45 bits per heavy atom. The molecule has 0 aliphatic heterocycles. The van der Waals surface area contributed by atoms with Crippen molar-refractivity contribution >= 4 is 44.8 Å². The van der Waals surface area contributed by atoms with Crippen LogP contribution in [0.5, 0.6) is 0 Å². The van der Waals surface area contributed by atoms with Crippen LogP contribution in [0.4, 0.5) is 0 Å². The number of benzene rings is 1. The van der Waals surface area contributed by atoms with Gasteiger partial charge in [0.15, 0.2) is 0 Å². The first-order chi connectivity index (χ1) is 9.63. The van der Waals surface area contributed by atoms with E-state index < -0.39 is 0 Å². The van der Waals surface area contributed by atoms with Crippen LogP contribution in [0, 0.1) is 0 Å². The molecule has 2 rings (SSSR count). The van der Waals surface area contributed by atoms with Gasteiger partial charge in [-0.2, -0.15) is 0 Å². The van der Waals surface area contributed by atoms with Gasteiger partial charge in [-0.1, -0.05) is 12.1 Å². The van der Waals surface area contributed by atoms with Gasteiger partial charge >= 0.3 is 0 Å². The van der Waals surface area contributed by atoms with E-state index in [4.69, 9.17) is 11.6 Å². The molecule has 0 bridgehead atoms. The molecule has 0 saturated carbocycles. The summed E-state index contributed by atoms with van der Waals surface area (Å²) in [5, 5.41) is 0. The van der Waals surface area contributed by atoms with Gasteiger partial charge in [-0.05, 0) is 52.7 Å². The van der Waals surface area contributed by atoms with Crippen molar-refractivity contribution in [2.45, 2.75) is 19.3 Å². The van der Waals surface area contributed by atoms with Crippen molar-refractivity contribution in [3.63, 3.8) is 0 Å². The number of halogens is 2. The first kappa shape index (κ1) is 15.5. The number of rotatable bonds is 5. The Labute approximate surface area is 136 Å². The summed E-state index contributed by atoms with van der Waals surface area (Å²) in [5.41, 5.74) is 1.73. The van der Waals surface area contributed by atoms with Crippen LogP contribution in [0.1, 0.15) is 27.7 Å². The highest BCUT2D eigenvalue weighted by atomic mass is 79.9. The number of alkyl halides is 1. The van der Waals surface area contributed by atoms with Crippen LogP contribution in [0.15, 0.2) is 40.2 Å². The van der Waals surface area contributed by atoms with Gasteiger partial charge in [0.2, 0.25) is 0 Å². The highest BCUT2D eigenvalue weighted by molar-refractivity contribution is 9.11. The zero-order valence-corrected chi connectivity index (χ0v) is 14.3. The molecule has 0 radical (unpaired) electrons. The molecule has 0 atom stereocenters. The lowest BCUT2D eigenvalue weighted by atomic mass is 10.1. The second kappa shape index (κ2) is 7.25. The summed E-state index contributed by atoms with van der Waals surface area (Å²) in [4.78, 5) is 15.5. The molecular formula is C15H15BrClNOS. The molecule has 5 heteroatoms. The van der Waals surface area contributed by atoms with E-state index in [0.717, 1.165) is 9.35 Å². The van der Waals surface area contributed by atoms with E-state index in [2.05, 4.69) is 15.9 Å². The van der Waals surface area contributed by atoms with Gasteiger partial charge in [0.05, 0.1) is 10.3 Å². The highest BCUT2D eigenvalue weighted by Crippen LogP contribution is 2.23. The highest BCUT2D eigenvalue weighted by Gasteiger charge is 2.15. The van der Waals surface area contributed by atoms with Gasteiger partial charge in [-0.15, -0.1) is 22.9 Å². The number of thiophene rings is 1. The van der Waals surface area contributed by atoms with Crippen molar-refractivity contribution in [1.29, 1.82) is 0 Å². The minimum Gasteiger partial charge on any atom is -0.334 e. The van der Waals surface area contributed by atoms with Gasteiger partial charge in [0.25, 0.3) is 5.91 Å². The number of carbonyl (C=O) groups excluding carboxylic acids is 1. The zero-order valence-electron chi connectivity index (χ0n) is 11.1. The summed E-state index contributed by atoms with van der Waals surface area (Å²) < 4.78 is 1.09. The Morgan fingerprint density at radius 1 is 1.25 bits per heavy atom. The fourth-order valence-corrected chi connectivity index (χ4v) is 3.55. The van der Waals surface area contributed by atoms with Crippen LogP contribution < -0.4 is 0 Å². The van der Waals surface area contributed by atoms with Crippen LogP contribution in [-0.2, 0) is 12.4 Å². The molecule has 0 unspecified atom stereocenters. The van der Waals surface area contributed by atoms with Crippen LogP contribution in [0.25, 0.3) is 0 Å². The van der Waals surface area contributed by atoms with E-state index in [9.17, 15) is 4.79 Å². The van der Waals surface area contributed by atoms with Crippen LogP contribution >= 0.6 is 38.9 Å². The van der Waals surface area contributed by atoms with E-state index in [1.807, 2.05) is 48.2 Å². The molecule has 0 N–H and O–H groups in total. The molecular weight excluding hydrogens is 358 g/mol. The molecule has 20 heavy (non-hydrogen) atoms. The van der Waals surface area contributed by atoms with E-state index in [-0.39, 0.29) is 5.91 Å². The van der Waals surface area contributed by atoms with E-state index in [1.54, 1.807) is 11.3 Å². The number of hydrogen-bond donors (Lipinski definition) is 0. The van der Waals surface area contributed by atoms with E-state index in [1.165, 1.54) is 4.88 Å². The Kier molecular flexibility index (Phi) is 5.64. The van der Waals surface area contributed by atoms with Crippen molar-refractivity contribution in [3.8, 4) is 0 Å². The molecule has 2 aromatic rings. The third-order valence-corrected chi connectivity index (χ3v) is 4.92. The fraction of sp³-hybridized carbons (Fsp3) is 0.267. The summed E-state index contributed by atoms with van der Waals surface area (Å²) in [7, 11) is 0. The normalized spacial score (nSPS) is 10.6. The molecule has 0 fully saturated rings. The third kappa shape index (κ3) is 3.84. The van der Waals surface area contributed by atoms with Crippen LogP contribution in [0.3, 0.4) is 0 Å². The van der Waals surface area contributed by atoms with Crippen molar-refractivity contribution in [1.82, 2.24) is 4.90 Å². The lowest BCUT2D eigenvalue weighted by molar-refractivity contribution is 0.0754.